The van der Waals surface area contributed by atoms with Gasteiger partial charge in [-0.3, -0.25) is 9.59 Å². The molecule has 142 valence electrons. The van der Waals surface area contributed by atoms with Gasteiger partial charge >= 0.3 is 0 Å². The molecule has 0 N–H and O–H groups in total. The van der Waals surface area contributed by atoms with E-state index < -0.39 is 0 Å². The SMILES string of the molecule is Cc1noc(C)c1C(=O)N1CCC2(CCCC2C(=O)N2CCOCC2)C1. The van der Waals surface area contributed by atoms with Gasteiger partial charge in [-0.15, -0.1) is 0 Å². The zero-order valence-corrected chi connectivity index (χ0v) is 15.6. The van der Waals surface area contributed by atoms with E-state index in [1.165, 1.54) is 0 Å². The minimum Gasteiger partial charge on any atom is -0.378 e. The van der Waals surface area contributed by atoms with Gasteiger partial charge in [0.05, 0.1) is 18.9 Å². The van der Waals surface area contributed by atoms with E-state index >= 15 is 0 Å². The summed E-state index contributed by atoms with van der Waals surface area (Å²) in [6.07, 6.45) is 3.93. The van der Waals surface area contributed by atoms with Crippen LogP contribution in [-0.4, -0.2) is 66.2 Å². The first-order chi connectivity index (χ1) is 12.5. The number of carbonyl (C=O) groups excluding carboxylic acids is 2. The maximum Gasteiger partial charge on any atom is 0.259 e. The van der Waals surface area contributed by atoms with Crippen LogP contribution in [0.3, 0.4) is 0 Å². The Kier molecular flexibility index (Phi) is 4.50. The molecule has 3 aliphatic rings. The highest BCUT2D eigenvalue weighted by molar-refractivity contribution is 5.96. The van der Waals surface area contributed by atoms with E-state index in [0.29, 0.717) is 56.4 Å². The monoisotopic (exact) mass is 361 g/mol. The number of rotatable bonds is 2. The smallest absolute Gasteiger partial charge is 0.259 e. The summed E-state index contributed by atoms with van der Waals surface area (Å²) in [6, 6.07) is 0. The number of aryl methyl sites for hydroxylation is 2. The minimum atomic E-state index is -0.0655. The topological polar surface area (TPSA) is 75.9 Å². The van der Waals surface area contributed by atoms with Gasteiger partial charge in [0, 0.05) is 37.5 Å². The molecule has 1 saturated carbocycles. The normalized spacial score (nSPS) is 28.9. The number of hydrogen-bond acceptors (Lipinski definition) is 5. The minimum absolute atomic E-state index is 0.0115. The zero-order chi connectivity index (χ0) is 18.3. The molecule has 0 aromatic carbocycles. The number of ether oxygens (including phenoxy) is 1. The molecule has 1 aromatic rings. The Balaban J connectivity index is 1.50. The van der Waals surface area contributed by atoms with Gasteiger partial charge in [-0.2, -0.15) is 0 Å². The number of aromatic nitrogens is 1. The predicted octanol–water partition coefficient (Wildman–Crippen LogP) is 1.78. The van der Waals surface area contributed by atoms with Crippen LogP contribution in [0.15, 0.2) is 4.52 Å². The Morgan fingerprint density at radius 2 is 1.88 bits per heavy atom. The van der Waals surface area contributed by atoms with Crippen molar-refractivity contribution in [1.29, 1.82) is 0 Å². The van der Waals surface area contributed by atoms with Crippen LogP contribution in [-0.2, 0) is 9.53 Å². The third-order valence-electron chi connectivity index (χ3n) is 6.45. The molecule has 2 atom stereocenters. The molecule has 2 amide bonds. The number of nitrogens with zero attached hydrogens (tertiary/aromatic N) is 3. The lowest BCUT2D eigenvalue weighted by Gasteiger charge is -2.36. The molecule has 2 unspecified atom stereocenters. The van der Waals surface area contributed by atoms with E-state index in [1.807, 2.05) is 9.80 Å². The molecule has 1 spiro atoms. The summed E-state index contributed by atoms with van der Waals surface area (Å²) in [4.78, 5) is 30.0. The lowest BCUT2D eigenvalue weighted by molar-refractivity contribution is -0.143. The summed E-state index contributed by atoms with van der Waals surface area (Å²) in [6.45, 7) is 7.58. The van der Waals surface area contributed by atoms with Crippen LogP contribution in [0, 0.1) is 25.2 Å². The van der Waals surface area contributed by atoms with Crippen molar-refractivity contribution in [3.63, 3.8) is 0 Å². The summed E-state index contributed by atoms with van der Waals surface area (Å²) in [7, 11) is 0. The lowest BCUT2D eigenvalue weighted by Crippen LogP contribution is -2.47. The molecule has 3 heterocycles. The van der Waals surface area contributed by atoms with E-state index in [1.54, 1.807) is 13.8 Å². The van der Waals surface area contributed by atoms with Crippen LogP contribution >= 0.6 is 0 Å². The highest BCUT2D eigenvalue weighted by Gasteiger charge is 2.52. The van der Waals surface area contributed by atoms with Crippen molar-refractivity contribution in [1.82, 2.24) is 15.0 Å². The number of morpholine rings is 1. The van der Waals surface area contributed by atoms with E-state index in [-0.39, 0.29) is 23.1 Å². The molecule has 2 aliphatic heterocycles. The van der Waals surface area contributed by atoms with E-state index in [0.717, 1.165) is 25.7 Å². The molecule has 1 aromatic heterocycles. The van der Waals surface area contributed by atoms with Gasteiger partial charge in [0.25, 0.3) is 5.91 Å². The van der Waals surface area contributed by atoms with Crippen LogP contribution in [0.2, 0.25) is 0 Å². The summed E-state index contributed by atoms with van der Waals surface area (Å²) < 4.78 is 10.5. The van der Waals surface area contributed by atoms with Crippen molar-refractivity contribution in [2.45, 2.75) is 39.5 Å². The fraction of sp³-hybridized carbons (Fsp3) is 0.737. The molecule has 4 rings (SSSR count). The summed E-state index contributed by atoms with van der Waals surface area (Å²) >= 11 is 0. The molecule has 0 radical (unpaired) electrons. The molecule has 1 aliphatic carbocycles. The predicted molar refractivity (Wildman–Crippen MR) is 93.7 cm³/mol. The van der Waals surface area contributed by atoms with Gasteiger partial charge in [0.2, 0.25) is 5.91 Å². The molecule has 2 saturated heterocycles. The summed E-state index contributed by atoms with van der Waals surface area (Å²) in [5, 5.41) is 3.91. The fourth-order valence-electron chi connectivity index (χ4n) is 5.03. The molecule has 7 heteroatoms. The summed E-state index contributed by atoms with van der Waals surface area (Å²) in [5.41, 5.74) is 1.15. The zero-order valence-electron chi connectivity index (χ0n) is 15.6. The average Bonchev–Trinajstić information content (AvgIpc) is 3.35. The van der Waals surface area contributed by atoms with Crippen LogP contribution < -0.4 is 0 Å². The summed E-state index contributed by atoms with van der Waals surface area (Å²) in [5.74, 6) is 0.851. The number of likely N-dealkylation sites (tertiary alicyclic amines) is 1. The molecular weight excluding hydrogens is 334 g/mol. The van der Waals surface area contributed by atoms with Crippen molar-refractivity contribution in [2.24, 2.45) is 11.3 Å². The number of carbonyl (C=O) groups is 2. The van der Waals surface area contributed by atoms with Crippen LogP contribution in [0.5, 0.6) is 0 Å². The van der Waals surface area contributed by atoms with Crippen LogP contribution in [0.4, 0.5) is 0 Å². The van der Waals surface area contributed by atoms with Gasteiger partial charge in [-0.05, 0) is 33.1 Å². The number of amides is 2. The largest absolute Gasteiger partial charge is 0.378 e. The Bertz CT molecular complexity index is 690. The van der Waals surface area contributed by atoms with Gasteiger partial charge in [-0.1, -0.05) is 11.6 Å². The maximum absolute atomic E-state index is 13.1. The van der Waals surface area contributed by atoms with Gasteiger partial charge < -0.3 is 19.1 Å². The van der Waals surface area contributed by atoms with Crippen molar-refractivity contribution >= 4 is 11.8 Å². The van der Waals surface area contributed by atoms with Gasteiger partial charge in [-0.25, -0.2) is 0 Å². The van der Waals surface area contributed by atoms with E-state index in [2.05, 4.69) is 5.16 Å². The fourth-order valence-corrected chi connectivity index (χ4v) is 5.03. The second-order valence-electron chi connectivity index (χ2n) is 7.92. The van der Waals surface area contributed by atoms with Gasteiger partial charge in [0.1, 0.15) is 11.3 Å². The van der Waals surface area contributed by atoms with Crippen molar-refractivity contribution in [3.8, 4) is 0 Å². The standard InChI is InChI=1S/C19H27N3O4/c1-13-16(14(2)26-20-13)18(24)22-7-6-19(12-22)5-3-4-15(19)17(23)21-8-10-25-11-9-21/h15H,3-12H2,1-2H3. The maximum atomic E-state index is 13.1. The van der Waals surface area contributed by atoms with Crippen molar-refractivity contribution < 1.29 is 18.8 Å². The molecule has 0 bridgehead atoms. The molecule has 3 fully saturated rings. The second-order valence-corrected chi connectivity index (χ2v) is 7.92. The average molecular weight is 361 g/mol. The first-order valence-electron chi connectivity index (χ1n) is 9.60. The lowest BCUT2D eigenvalue weighted by atomic mass is 9.76. The second kappa shape index (κ2) is 6.68. The first-order valence-corrected chi connectivity index (χ1v) is 9.60. The Morgan fingerprint density at radius 1 is 1.12 bits per heavy atom. The third-order valence-corrected chi connectivity index (χ3v) is 6.45. The molecular formula is C19H27N3O4. The Labute approximate surface area is 153 Å². The number of hydrogen-bond donors (Lipinski definition) is 0. The van der Waals surface area contributed by atoms with Crippen LogP contribution in [0.25, 0.3) is 0 Å². The highest BCUT2D eigenvalue weighted by atomic mass is 16.5. The quantitative estimate of drug-likeness (QED) is 0.803. The molecule has 26 heavy (non-hydrogen) atoms. The van der Waals surface area contributed by atoms with Crippen LogP contribution in [0.1, 0.15) is 47.5 Å². The van der Waals surface area contributed by atoms with E-state index in [9.17, 15) is 9.59 Å². The van der Waals surface area contributed by atoms with Crippen molar-refractivity contribution in [2.75, 3.05) is 39.4 Å². The highest BCUT2D eigenvalue weighted by Crippen LogP contribution is 2.50. The Morgan fingerprint density at radius 3 is 2.58 bits per heavy atom. The third kappa shape index (κ3) is 2.82. The first kappa shape index (κ1) is 17.5. The van der Waals surface area contributed by atoms with Crippen molar-refractivity contribution in [3.05, 3.63) is 17.0 Å². The van der Waals surface area contributed by atoms with Gasteiger partial charge in [0.15, 0.2) is 0 Å². The molecule has 7 nitrogen and oxygen atoms in total. The van der Waals surface area contributed by atoms with E-state index in [4.69, 9.17) is 9.26 Å². The Hall–Kier alpha value is -1.89.